The molecule has 0 bridgehead atoms. The third kappa shape index (κ3) is 6.16. The van der Waals surface area contributed by atoms with E-state index in [0.717, 1.165) is 54.5 Å². The molecule has 0 spiro atoms. The number of nitrogens with one attached hydrogen (secondary N) is 3. The largest absolute Gasteiger partial charge is 0.369 e. The van der Waals surface area contributed by atoms with Crippen LogP contribution in [0.25, 0.3) is 11.3 Å². The minimum atomic E-state index is -0.0956. The average Bonchev–Trinajstić information content (AvgIpc) is 3.44. The van der Waals surface area contributed by atoms with E-state index >= 15 is 0 Å². The Hall–Kier alpha value is -5.02. The van der Waals surface area contributed by atoms with Crippen molar-refractivity contribution in [3.8, 4) is 11.3 Å². The zero-order valence-electron chi connectivity index (χ0n) is 23.8. The maximum Gasteiger partial charge on any atom is 0.227 e. The van der Waals surface area contributed by atoms with Crippen molar-refractivity contribution in [2.75, 3.05) is 41.7 Å². The lowest BCUT2D eigenvalue weighted by atomic mass is 9.97. The van der Waals surface area contributed by atoms with Crippen LogP contribution in [0.15, 0.2) is 97.3 Å². The van der Waals surface area contributed by atoms with Crippen LogP contribution in [-0.4, -0.2) is 57.2 Å². The number of aromatic nitrogens is 4. The number of carbonyl (C=O) groups is 1. The molecule has 1 fully saturated rings. The third-order valence-corrected chi connectivity index (χ3v) is 7.60. The maximum absolute atomic E-state index is 11.3. The third-order valence-electron chi connectivity index (χ3n) is 7.60. The van der Waals surface area contributed by atoms with Crippen LogP contribution in [0.1, 0.15) is 29.8 Å². The van der Waals surface area contributed by atoms with Gasteiger partial charge in [-0.05, 0) is 55.0 Å². The Kier molecular flexibility index (Phi) is 7.91. The van der Waals surface area contributed by atoms with Crippen molar-refractivity contribution in [3.63, 3.8) is 0 Å². The van der Waals surface area contributed by atoms with Gasteiger partial charge < -0.3 is 15.5 Å². The number of hydrogen-bond donors (Lipinski definition) is 3. The molecular formula is C33H34N8O. The summed E-state index contributed by atoms with van der Waals surface area (Å²) >= 11 is 0. The molecule has 1 atom stereocenters. The molecule has 0 saturated carbocycles. The highest BCUT2D eigenvalue weighted by atomic mass is 16.1. The van der Waals surface area contributed by atoms with Gasteiger partial charge in [-0.15, -0.1) is 0 Å². The number of anilines is 4. The minimum Gasteiger partial charge on any atom is -0.369 e. The molecule has 6 rings (SSSR count). The summed E-state index contributed by atoms with van der Waals surface area (Å²) in [6.45, 7) is 7.39. The molecule has 9 nitrogen and oxygen atoms in total. The first-order valence-electron chi connectivity index (χ1n) is 14.2. The number of amides is 1. The molecule has 9 heteroatoms. The number of piperazine rings is 1. The molecule has 0 aliphatic carbocycles. The first kappa shape index (κ1) is 27.2. The number of aryl methyl sites for hydroxylation is 1. The molecule has 3 heterocycles. The Morgan fingerprint density at radius 3 is 2.26 bits per heavy atom. The zero-order chi connectivity index (χ0) is 28.9. The summed E-state index contributed by atoms with van der Waals surface area (Å²) < 4.78 is 0. The number of carbonyl (C=O) groups excluding carboxylic acids is 1. The molecule has 42 heavy (non-hydrogen) atoms. The highest BCUT2D eigenvalue weighted by Gasteiger charge is 2.28. The molecule has 3 N–H and O–H groups in total. The van der Waals surface area contributed by atoms with Gasteiger partial charge in [0.15, 0.2) is 0 Å². The summed E-state index contributed by atoms with van der Waals surface area (Å²) in [6.07, 6.45) is 3.71. The van der Waals surface area contributed by atoms with Crippen LogP contribution in [0, 0.1) is 6.92 Å². The van der Waals surface area contributed by atoms with Crippen molar-refractivity contribution in [2.24, 2.45) is 0 Å². The van der Waals surface area contributed by atoms with Gasteiger partial charge in [0.25, 0.3) is 0 Å². The second-order valence-electron chi connectivity index (χ2n) is 10.5. The van der Waals surface area contributed by atoms with Gasteiger partial charge in [-0.25, -0.2) is 9.97 Å². The molecule has 5 aromatic rings. The molecular weight excluding hydrogens is 524 g/mol. The van der Waals surface area contributed by atoms with Crippen LogP contribution in [0.2, 0.25) is 0 Å². The predicted octanol–water partition coefficient (Wildman–Crippen LogP) is 5.79. The standard InChI is InChI=1S/C33H34N8O/c1-23-30(22-35-39-23)32(26-6-4-3-5-7-26)41-20-18-40(19-21-41)29-14-12-28(13-15-29)37-33-34-17-16-31(38-33)25-8-10-27(11-9-25)36-24(2)42/h3-17,22,32H,18-21H2,1-2H3,(H,35,39)(H,36,42)(H,34,37,38). The summed E-state index contributed by atoms with van der Waals surface area (Å²) in [5.41, 5.74) is 8.27. The number of hydrogen-bond acceptors (Lipinski definition) is 7. The number of aromatic amines is 1. The average molecular weight is 559 g/mol. The smallest absolute Gasteiger partial charge is 0.227 e. The summed E-state index contributed by atoms with van der Waals surface area (Å²) in [4.78, 5) is 25.4. The van der Waals surface area contributed by atoms with Crippen molar-refractivity contribution < 1.29 is 4.79 Å². The van der Waals surface area contributed by atoms with Gasteiger partial charge in [0, 0.05) is 73.2 Å². The molecule has 1 amide bonds. The molecule has 1 aliphatic heterocycles. The second-order valence-corrected chi connectivity index (χ2v) is 10.5. The highest BCUT2D eigenvalue weighted by molar-refractivity contribution is 5.88. The van der Waals surface area contributed by atoms with Gasteiger partial charge >= 0.3 is 0 Å². The van der Waals surface area contributed by atoms with Crippen molar-refractivity contribution in [1.29, 1.82) is 0 Å². The van der Waals surface area contributed by atoms with Crippen molar-refractivity contribution in [3.05, 3.63) is 114 Å². The van der Waals surface area contributed by atoms with E-state index in [9.17, 15) is 4.79 Å². The molecule has 1 saturated heterocycles. The van der Waals surface area contributed by atoms with Crippen LogP contribution in [0.3, 0.4) is 0 Å². The normalized spacial score (nSPS) is 14.4. The van der Waals surface area contributed by atoms with Crippen molar-refractivity contribution >= 4 is 28.9 Å². The summed E-state index contributed by atoms with van der Waals surface area (Å²) in [5.74, 6) is 0.433. The predicted molar refractivity (Wildman–Crippen MR) is 167 cm³/mol. The van der Waals surface area contributed by atoms with Crippen LogP contribution < -0.4 is 15.5 Å². The lowest BCUT2D eigenvalue weighted by Gasteiger charge is -2.40. The molecule has 0 radical (unpaired) electrons. The van der Waals surface area contributed by atoms with Gasteiger partial charge in [-0.2, -0.15) is 5.10 Å². The van der Waals surface area contributed by atoms with Crippen molar-refractivity contribution in [1.82, 2.24) is 25.1 Å². The van der Waals surface area contributed by atoms with Crippen LogP contribution in [-0.2, 0) is 4.79 Å². The summed E-state index contributed by atoms with van der Waals surface area (Å²) in [6, 6.07) is 28.8. The Morgan fingerprint density at radius 2 is 1.60 bits per heavy atom. The minimum absolute atomic E-state index is 0.0956. The lowest BCUT2D eigenvalue weighted by Crippen LogP contribution is -2.48. The van der Waals surface area contributed by atoms with Gasteiger partial charge in [-0.1, -0.05) is 42.5 Å². The SMILES string of the molecule is CC(=O)Nc1ccc(-c2ccnc(Nc3ccc(N4CCN(C(c5ccccc5)c5cn[nH]c5C)CC4)cc3)n2)cc1. The topological polar surface area (TPSA) is 102 Å². The zero-order valence-corrected chi connectivity index (χ0v) is 23.8. The van der Waals surface area contributed by atoms with Gasteiger partial charge in [-0.3, -0.25) is 14.8 Å². The van der Waals surface area contributed by atoms with E-state index in [1.54, 1.807) is 6.20 Å². The maximum atomic E-state index is 11.3. The van der Waals surface area contributed by atoms with E-state index in [-0.39, 0.29) is 11.9 Å². The van der Waals surface area contributed by atoms with Gasteiger partial charge in [0.2, 0.25) is 11.9 Å². The summed E-state index contributed by atoms with van der Waals surface area (Å²) in [7, 11) is 0. The van der Waals surface area contributed by atoms with E-state index in [2.05, 4.69) is 102 Å². The number of H-pyrrole nitrogens is 1. The van der Waals surface area contributed by atoms with Crippen molar-refractivity contribution in [2.45, 2.75) is 19.9 Å². The monoisotopic (exact) mass is 558 g/mol. The van der Waals surface area contributed by atoms with Crippen LogP contribution in [0.4, 0.5) is 23.0 Å². The summed E-state index contributed by atoms with van der Waals surface area (Å²) in [5, 5.41) is 13.5. The molecule has 212 valence electrons. The number of rotatable bonds is 8. The Bertz CT molecular complexity index is 1630. The molecule has 3 aromatic carbocycles. The van der Waals surface area contributed by atoms with E-state index in [4.69, 9.17) is 0 Å². The molecule has 1 unspecified atom stereocenters. The van der Waals surface area contributed by atoms with Crippen LogP contribution >= 0.6 is 0 Å². The van der Waals surface area contributed by atoms with E-state index in [0.29, 0.717) is 5.95 Å². The van der Waals surface area contributed by atoms with Crippen LogP contribution in [0.5, 0.6) is 0 Å². The van der Waals surface area contributed by atoms with Gasteiger partial charge in [0.1, 0.15) is 0 Å². The first-order valence-corrected chi connectivity index (χ1v) is 14.2. The highest BCUT2D eigenvalue weighted by Crippen LogP contribution is 2.32. The quantitative estimate of drug-likeness (QED) is 0.222. The second kappa shape index (κ2) is 12.2. The van der Waals surface area contributed by atoms with Gasteiger partial charge in [0.05, 0.1) is 17.9 Å². The van der Waals surface area contributed by atoms with E-state index < -0.39 is 0 Å². The molecule has 1 aliphatic rings. The number of nitrogens with zero attached hydrogens (tertiary/aromatic N) is 5. The fourth-order valence-electron chi connectivity index (χ4n) is 5.49. The lowest BCUT2D eigenvalue weighted by molar-refractivity contribution is -0.114. The van der Waals surface area contributed by atoms with E-state index in [1.165, 1.54) is 23.7 Å². The Labute approximate surface area is 245 Å². The fourth-order valence-corrected chi connectivity index (χ4v) is 5.49. The first-order chi connectivity index (χ1) is 20.5. The number of benzene rings is 3. The van der Waals surface area contributed by atoms with E-state index in [1.807, 2.05) is 36.5 Å². The Balaban J connectivity index is 1.09. The Morgan fingerprint density at radius 1 is 0.881 bits per heavy atom. The fraction of sp³-hybridized carbons (Fsp3) is 0.212. The molecule has 2 aromatic heterocycles.